The molecule has 2 heteroatoms. The molecule has 1 fully saturated rings. The summed E-state index contributed by atoms with van der Waals surface area (Å²) in [5.41, 5.74) is 2.10. The molecule has 1 unspecified atom stereocenters. The molecule has 1 atom stereocenters. The van der Waals surface area contributed by atoms with Crippen molar-refractivity contribution < 1.29 is 4.79 Å². The molecule has 0 aromatic heterocycles. The van der Waals surface area contributed by atoms with E-state index in [1.807, 2.05) is 0 Å². The Labute approximate surface area is 98.3 Å². The molecule has 2 rings (SSSR count). The molecule has 1 aliphatic rings. The zero-order valence-electron chi connectivity index (χ0n) is 8.50. The standard InChI is InChI=1S/C13H13BrO/c1-9-8-11(4-7-13(9)15)10-2-5-12(14)6-3-10/h2-3,5-6,11H,1,4,7-8H2. The quantitative estimate of drug-likeness (QED) is 0.705. The van der Waals surface area contributed by atoms with E-state index in [9.17, 15) is 4.79 Å². The number of ketones is 1. The fraction of sp³-hybridized carbons (Fsp3) is 0.308. The predicted molar refractivity (Wildman–Crippen MR) is 64.9 cm³/mol. The second-order valence-corrected chi connectivity index (χ2v) is 4.93. The number of Topliss-reactive ketones (excluding diaryl/α,β-unsaturated/α-hetero) is 1. The van der Waals surface area contributed by atoms with Crippen LogP contribution < -0.4 is 0 Å². The third kappa shape index (κ3) is 2.37. The summed E-state index contributed by atoms with van der Waals surface area (Å²) in [6.45, 7) is 3.83. The lowest BCUT2D eigenvalue weighted by Crippen LogP contribution is -2.14. The van der Waals surface area contributed by atoms with E-state index >= 15 is 0 Å². The van der Waals surface area contributed by atoms with Crippen LogP contribution in [0.3, 0.4) is 0 Å². The van der Waals surface area contributed by atoms with E-state index in [2.05, 4.69) is 46.8 Å². The van der Waals surface area contributed by atoms with Gasteiger partial charge in [0.2, 0.25) is 0 Å². The Hall–Kier alpha value is -0.890. The highest BCUT2D eigenvalue weighted by molar-refractivity contribution is 9.10. The zero-order valence-corrected chi connectivity index (χ0v) is 10.1. The minimum Gasteiger partial charge on any atom is -0.295 e. The Morgan fingerprint density at radius 2 is 1.93 bits per heavy atom. The molecule has 0 bridgehead atoms. The maximum atomic E-state index is 11.3. The van der Waals surface area contributed by atoms with Crippen molar-refractivity contribution >= 4 is 21.7 Å². The molecule has 78 valence electrons. The first kappa shape index (κ1) is 10.6. The Balaban J connectivity index is 2.15. The summed E-state index contributed by atoms with van der Waals surface area (Å²) in [5, 5.41) is 0. The first-order chi connectivity index (χ1) is 7.16. The number of allylic oxidation sites excluding steroid dienone is 1. The second kappa shape index (κ2) is 4.31. The molecule has 0 N–H and O–H groups in total. The molecule has 1 saturated carbocycles. The molecule has 1 aliphatic carbocycles. The molecule has 0 saturated heterocycles. The number of hydrogen-bond acceptors (Lipinski definition) is 1. The van der Waals surface area contributed by atoms with Gasteiger partial charge in [-0.05, 0) is 42.0 Å². The smallest absolute Gasteiger partial charge is 0.158 e. The van der Waals surface area contributed by atoms with Crippen molar-refractivity contribution in [3.8, 4) is 0 Å². The number of rotatable bonds is 1. The van der Waals surface area contributed by atoms with Crippen molar-refractivity contribution in [3.05, 3.63) is 46.5 Å². The van der Waals surface area contributed by atoms with Gasteiger partial charge in [-0.2, -0.15) is 0 Å². The van der Waals surface area contributed by atoms with Crippen molar-refractivity contribution in [2.45, 2.75) is 25.2 Å². The van der Waals surface area contributed by atoms with Crippen LogP contribution in [0.5, 0.6) is 0 Å². The van der Waals surface area contributed by atoms with E-state index in [1.165, 1.54) is 5.56 Å². The van der Waals surface area contributed by atoms with Gasteiger partial charge in [0, 0.05) is 10.9 Å². The Kier molecular flexibility index (Phi) is 3.06. The fourth-order valence-electron chi connectivity index (χ4n) is 2.01. The molecule has 15 heavy (non-hydrogen) atoms. The summed E-state index contributed by atoms with van der Waals surface area (Å²) in [6.07, 6.45) is 2.43. The van der Waals surface area contributed by atoms with Crippen LogP contribution in [0.15, 0.2) is 40.9 Å². The lowest BCUT2D eigenvalue weighted by Gasteiger charge is -2.22. The van der Waals surface area contributed by atoms with Crippen LogP contribution in [0.2, 0.25) is 0 Å². The van der Waals surface area contributed by atoms with Crippen molar-refractivity contribution in [2.24, 2.45) is 0 Å². The van der Waals surface area contributed by atoms with Gasteiger partial charge >= 0.3 is 0 Å². The van der Waals surface area contributed by atoms with Crippen LogP contribution in [0, 0.1) is 0 Å². The molecule has 0 spiro atoms. The number of hydrogen-bond donors (Lipinski definition) is 0. The van der Waals surface area contributed by atoms with Crippen LogP contribution in [0.4, 0.5) is 0 Å². The minimum absolute atomic E-state index is 0.239. The molecule has 1 aromatic rings. The first-order valence-corrected chi connectivity index (χ1v) is 5.92. The van der Waals surface area contributed by atoms with Crippen LogP contribution in [0.1, 0.15) is 30.7 Å². The average Bonchev–Trinajstić information content (AvgIpc) is 2.23. The van der Waals surface area contributed by atoms with Gasteiger partial charge in [-0.1, -0.05) is 34.6 Å². The molecule has 0 amide bonds. The van der Waals surface area contributed by atoms with Crippen LogP contribution >= 0.6 is 15.9 Å². The van der Waals surface area contributed by atoms with Crippen molar-refractivity contribution in [1.29, 1.82) is 0 Å². The van der Waals surface area contributed by atoms with Crippen LogP contribution in [-0.4, -0.2) is 5.78 Å². The molecular formula is C13H13BrO. The van der Waals surface area contributed by atoms with Crippen LogP contribution in [0.25, 0.3) is 0 Å². The zero-order chi connectivity index (χ0) is 10.8. The van der Waals surface area contributed by atoms with Gasteiger partial charge in [-0.25, -0.2) is 0 Å². The van der Waals surface area contributed by atoms with Crippen molar-refractivity contribution in [1.82, 2.24) is 0 Å². The molecule has 1 aromatic carbocycles. The van der Waals surface area contributed by atoms with E-state index in [0.29, 0.717) is 12.3 Å². The van der Waals surface area contributed by atoms with Crippen molar-refractivity contribution in [3.63, 3.8) is 0 Å². The highest BCUT2D eigenvalue weighted by atomic mass is 79.9. The maximum Gasteiger partial charge on any atom is 0.158 e. The number of carbonyl (C=O) groups excluding carboxylic acids is 1. The maximum absolute atomic E-state index is 11.3. The van der Waals surface area contributed by atoms with Gasteiger partial charge < -0.3 is 0 Å². The van der Waals surface area contributed by atoms with Gasteiger partial charge in [0.15, 0.2) is 5.78 Å². The third-order valence-electron chi connectivity index (χ3n) is 2.95. The molecule has 0 radical (unpaired) electrons. The topological polar surface area (TPSA) is 17.1 Å². The summed E-state index contributed by atoms with van der Waals surface area (Å²) in [4.78, 5) is 11.3. The van der Waals surface area contributed by atoms with Gasteiger partial charge in [0.25, 0.3) is 0 Å². The normalized spacial score (nSPS) is 21.8. The van der Waals surface area contributed by atoms with Gasteiger partial charge in [0.1, 0.15) is 0 Å². The fourth-order valence-corrected chi connectivity index (χ4v) is 2.28. The molecule has 1 nitrogen and oxygen atoms in total. The molecular weight excluding hydrogens is 252 g/mol. The van der Waals surface area contributed by atoms with Crippen LogP contribution in [-0.2, 0) is 4.79 Å². The Bertz CT molecular complexity index is 392. The van der Waals surface area contributed by atoms with E-state index in [0.717, 1.165) is 22.9 Å². The monoisotopic (exact) mass is 264 g/mol. The Morgan fingerprint density at radius 3 is 2.53 bits per heavy atom. The minimum atomic E-state index is 0.239. The summed E-state index contributed by atoms with van der Waals surface area (Å²) in [7, 11) is 0. The lowest BCUT2D eigenvalue weighted by molar-refractivity contribution is -0.116. The summed E-state index contributed by atoms with van der Waals surface area (Å²) in [6, 6.07) is 8.35. The molecule has 0 aliphatic heterocycles. The van der Waals surface area contributed by atoms with Gasteiger partial charge in [-0.15, -0.1) is 0 Å². The summed E-state index contributed by atoms with van der Waals surface area (Å²) >= 11 is 3.42. The third-order valence-corrected chi connectivity index (χ3v) is 3.48. The number of carbonyl (C=O) groups is 1. The number of halogens is 1. The summed E-state index contributed by atoms with van der Waals surface area (Å²) < 4.78 is 1.09. The lowest BCUT2D eigenvalue weighted by atomic mass is 9.81. The van der Waals surface area contributed by atoms with E-state index in [1.54, 1.807) is 0 Å². The Morgan fingerprint density at radius 1 is 1.27 bits per heavy atom. The largest absolute Gasteiger partial charge is 0.295 e. The second-order valence-electron chi connectivity index (χ2n) is 4.02. The summed E-state index contributed by atoms with van der Waals surface area (Å²) in [5.74, 6) is 0.715. The average molecular weight is 265 g/mol. The predicted octanol–water partition coefficient (Wildman–Crippen LogP) is 3.84. The molecule has 0 heterocycles. The van der Waals surface area contributed by atoms with E-state index in [4.69, 9.17) is 0 Å². The van der Waals surface area contributed by atoms with E-state index < -0.39 is 0 Å². The first-order valence-electron chi connectivity index (χ1n) is 5.13. The SMILES string of the molecule is C=C1CC(c2ccc(Br)cc2)CCC1=O. The highest BCUT2D eigenvalue weighted by Gasteiger charge is 2.22. The highest BCUT2D eigenvalue weighted by Crippen LogP contribution is 2.33. The van der Waals surface area contributed by atoms with Gasteiger partial charge in [0.05, 0.1) is 0 Å². The van der Waals surface area contributed by atoms with E-state index in [-0.39, 0.29) is 5.78 Å². The van der Waals surface area contributed by atoms with Gasteiger partial charge in [-0.3, -0.25) is 4.79 Å². The van der Waals surface area contributed by atoms with Crippen molar-refractivity contribution in [2.75, 3.05) is 0 Å². The number of benzene rings is 1.